The number of piperidine rings is 1. The molecule has 0 aliphatic carbocycles. The van der Waals surface area contributed by atoms with Crippen LogP contribution in [0.4, 0.5) is 5.69 Å². The summed E-state index contributed by atoms with van der Waals surface area (Å²) in [5.74, 6) is 0. The van der Waals surface area contributed by atoms with E-state index in [1.807, 2.05) is 18.2 Å². The molecule has 1 aliphatic rings. The number of nitrogens with zero attached hydrogens (tertiary/aromatic N) is 2. The van der Waals surface area contributed by atoms with E-state index in [1.165, 1.54) is 12.8 Å². The predicted molar refractivity (Wildman–Crippen MR) is 86.3 cm³/mol. The zero-order valence-corrected chi connectivity index (χ0v) is 13.0. The van der Waals surface area contributed by atoms with Crippen molar-refractivity contribution in [1.82, 2.24) is 4.90 Å². The number of rotatable bonds is 3. The summed E-state index contributed by atoms with van der Waals surface area (Å²) in [4.78, 5) is 5.02. The minimum absolute atomic E-state index is 0.346. The zero-order chi connectivity index (χ0) is 14.0. The van der Waals surface area contributed by atoms with Crippen LogP contribution in [0.2, 0.25) is 5.02 Å². The minimum atomic E-state index is 0.346. The fourth-order valence-electron chi connectivity index (χ4n) is 2.52. The molecule has 0 unspecified atom stereocenters. The summed E-state index contributed by atoms with van der Waals surface area (Å²) in [7, 11) is 4.30. The van der Waals surface area contributed by atoms with Crippen molar-refractivity contribution in [3.8, 4) is 0 Å². The summed E-state index contributed by atoms with van der Waals surface area (Å²) >= 11 is 11.2. The van der Waals surface area contributed by atoms with E-state index < -0.39 is 0 Å². The van der Waals surface area contributed by atoms with Crippen LogP contribution in [-0.4, -0.2) is 43.1 Å². The Morgan fingerprint density at radius 3 is 2.58 bits per heavy atom. The minimum Gasteiger partial charge on any atom is -0.389 e. The lowest BCUT2D eigenvalue weighted by Crippen LogP contribution is -2.42. The fraction of sp³-hybridized carbons (Fsp3) is 0.500. The summed E-state index contributed by atoms with van der Waals surface area (Å²) in [5.41, 5.74) is 7.50. The lowest BCUT2D eigenvalue weighted by Gasteiger charge is -2.36. The molecular formula is C14H20ClN3S. The Bertz CT molecular complexity index is 470. The van der Waals surface area contributed by atoms with Gasteiger partial charge in [-0.3, -0.25) is 0 Å². The highest BCUT2D eigenvalue weighted by molar-refractivity contribution is 7.80. The molecule has 0 atom stereocenters. The topological polar surface area (TPSA) is 32.5 Å². The molecule has 104 valence electrons. The molecule has 1 aromatic rings. The molecule has 2 N–H and O–H groups in total. The van der Waals surface area contributed by atoms with Crippen LogP contribution in [-0.2, 0) is 0 Å². The van der Waals surface area contributed by atoms with E-state index in [0.29, 0.717) is 16.1 Å². The second-order valence-corrected chi connectivity index (χ2v) is 6.02. The summed E-state index contributed by atoms with van der Waals surface area (Å²) in [6.07, 6.45) is 2.36. The van der Waals surface area contributed by atoms with Crippen LogP contribution in [0.25, 0.3) is 0 Å². The average molecular weight is 298 g/mol. The largest absolute Gasteiger partial charge is 0.389 e. The Morgan fingerprint density at radius 2 is 2.05 bits per heavy atom. The molecule has 1 aliphatic heterocycles. The smallest absolute Gasteiger partial charge is 0.105 e. The average Bonchev–Trinajstić information content (AvgIpc) is 2.38. The summed E-state index contributed by atoms with van der Waals surface area (Å²) in [6, 6.07) is 6.47. The standard InChI is InChI=1S/C14H20ClN3S/c1-17-7-5-10(6-8-17)18(2)11-3-4-12(14(16)19)13(15)9-11/h3-4,9-10H,5-8H2,1-2H3,(H2,16,19). The first kappa shape index (κ1) is 14.6. The Balaban J connectivity index is 2.13. The number of hydrogen-bond acceptors (Lipinski definition) is 3. The Labute approximate surface area is 125 Å². The Morgan fingerprint density at radius 1 is 1.42 bits per heavy atom. The fourth-order valence-corrected chi connectivity index (χ4v) is 3.03. The predicted octanol–water partition coefficient (Wildman–Crippen LogP) is 2.50. The van der Waals surface area contributed by atoms with Crippen LogP contribution in [0.3, 0.4) is 0 Å². The van der Waals surface area contributed by atoms with E-state index in [9.17, 15) is 0 Å². The van der Waals surface area contributed by atoms with Gasteiger partial charge in [0.2, 0.25) is 0 Å². The van der Waals surface area contributed by atoms with Crippen molar-refractivity contribution < 1.29 is 0 Å². The van der Waals surface area contributed by atoms with Gasteiger partial charge in [0.1, 0.15) is 4.99 Å². The molecule has 0 spiro atoms. The summed E-state index contributed by atoms with van der Waals surface area (Å²) < 4.78 is 0. The third-order valence-electron chi connectivity index (χ3n) is 3.86. The molecule has 19 heavy (non-hydrogen) atoms. The van der Waals surface area contributed by atoms with Crippen LogP contribution in [0.1, 0.15) is 18.4 Å². The third-order valence-corrected chi connectivity index (χ3v) is 4.39. The number of halogens is 1. The highest BCUT2D eigenvalue weighted by atomic mass is 35.5. The second kappa shape index (κ2) is 6.07. The molecule has 1 heterocycles. The Kier molecular flexibility index (Phi) is 4.66. The molecule has 0 amide bonds. The highest BCUT2D eigenvalue weighted by Crippen LogP contribution is 2.26. The molecule has 0 aromatic heterocycles. The van der Waals surface area contributed by atoms with Crippen molar-refractivity contribution in [2.24, 2.45) is 5.73 Å². The van der Waals surface area contributed by atoms with E-state index in [4.69, 9.17) is 29.6 Å². The number of anilines is 1. The van der Waals surface area contributed by atoms with Gasteiger partial charge in [-0.05, 0) is 51.2 Å². The van der Waals surface area contributed by atoms with E-state index in [-0.39, 0.29) is 0 Å². The van der Waals surface area contributed by atoms with E-state index in [1.54, 1.807) is 0 Å². The molecule has 1 saturated heterocycles. The Hall–Kier alpha value is -0.840. The first-order chi connectivity index (χ1) is 8.99. The van der Waals surface area contributed by atoms with Gasteiger partial charge in [0, 0.05) is 24.3 Å². The van der Waals surface area contributed by atoms with Gasteiger partial charge in [0.05, 0.1) is 5.02 Å². The SMILES string of the molecule is CN1CCC(N(C)c2ccc(C(N)=S)c(Cl)c2)CC1. The van der Waals surface area contributed by atoms with Gasteiger partial charge < -0.3 is 15.5 Å². The third kappa shape index (κ3) is 3.38. The van der Waals surface area contributed by atoms with Crippen molar-refractivity contribution in [2.45, 2.75) is 18.9 Å². The van der Waals surface area contributed by atoms with Crippen molar-refractivity contribution in [2.75, 3.05) is 32.1 Å². The quantitative estimate of drug-likeness (QED) is 0.869. The monoisotopic (exact) mass is 297 g/mol. The first-order valence-electron chi connectivity index (χ1n) is 6.50. The van der Waals surface area contributed by atoms with Crippen molar-refractivity contribution in [1.29, 1.82) is 0 Å². The van der Waals surface area contributed by atoms with Crippen LogP contribution < -0.4 is 10.6 Å². The number of hydrogen-bond donors (Lipinski definition) is 1. The molecule has 2 rings (SSSR count). The van der Waals surface area contributed by atoms with Gasteiger partial charge in [-0.2, -0.15) is 0 Å². The van der Waals surface area contributed by atoms with E-state index in [0.717, 1.165) is 24.3 Å². The van der Waals surface area contributed by atoms with Crippen LogP contribution in [0.5, 0.6) is 0 Å². The second-order valence-electron chi connectivity index (χ2n) is 5.17. The first-order valence-corrected chi connectivity index (χ1v) is 7.28. The van der Waals surface area contributed by atoms with Crippen LogP contribution >= 0.6 is 23.8 Å². The molecule has 1 aromatic carbocycles. The maximum absolute atomic E-state index is 6.23. The van der Waals surface area contributed by atoms with Crippen LogP contribution in [0.15, 0.2) is 18.2 Å². The number of nitrogens with two attached hydrogens (primary N) is 1. The molecule has 5 heteroatoms. The van der Waals surface area contributed by atoms with Crippen molar-refractivity contribution in [3.05, 3.63) is 28.8 Å². The van der Waals surface area contributed by atoms with Gasteiger partial charge in [-0.15, -0.1) is 0 Å². The van der Waals surface area contributed by atoms with Crippen molar-refractivity contribution in [3.63, 3.8) is 0 Å². The molecule has 0 radical (unpaired) electrons. The lowest BCUT2D eigenvalue weighted by atomic mass is 10.0. The molecule has 1 fully saturated rings. The zero-order valence-electron chi connectivity index (χ0n) is 11.4. The van der Waals surface area contributed by atoms with Crippen LogP contribution in [0, 0.1) is 0 Å². The van der Waals surface area contributed by atoms with E-state index >= 15 is 0 Å². The van der Waals surface area contributed by atoms with E-state index in [2.05, 4.69) is 23.9 Å². The molecule has 0 bridgehead atoms. The van der Waals surface area contributed by atoms with Gasteiger partial charge in [-0.1, -0.05) is 23.8 Å². The normalized spacial score (nSPS) is 17.4. The molecular weight excluding hydrogens is 278 g/mol. The number of thiocarbonyl (C=S) groups is 1. The summed E-state index contributed by atoms with van der Waals surface area (Å²) in [5, 5.41) is 0.629. The van der Waals surface area contributed by atoms with Gasteiger partial charge in [0.15, 0.2) is 0 Å². The van der Waals surface area contributed by atoms with Gasteiger partial charge in [0.25, 0.3) is 0 Å². The number of likely N-dealkylation sites (tertiary alicyclic amines) is 1. The summed E-state index contributed by atoms with van der Waals surface area (Å²) in [6.45, 7) is 2.29. The van der Waals surface area contributed by atoms with Crippen molar-refractivity contribution >= 4 is 34.5 Å². The maximum Gasteiger partial charge on any atom is 0.105 e. The number of benzene rings is 1. The molecule has 0 saturated carbocycles. The van der Waals surface area contributed by atoms with Gasteiger partial charge in [-0.25, -0.2) is 0 Å². The molecule has 3 nitrogen and oxygen atoms in total. The lowest BCUT2D eigenvalue weighted by molar-refractivity contribution is 0.253. The maximum atomic E-state index is 6.23. The highest BCUT2D eigenvalue weighted by Gasteiger charge is 2.21. The van der Waals surface area contributed by atoms with Gasteiger partial charge >= 0.3 is 0 Å².